The van der Waals surface area contributed by atoms with E-state index in [1.165, 1.54) is 9.87 Å². The van der Waals surface area contributed by atoms with Gasteiger partial charge in [0.2, 0.25) is 15.9 Å². The molecule has 7 nitrogen and oxygen atoms in total. The first kappa shape index (κ1) is 23.3. The van der Waals surface area contributed by atoms with E-state index in [4.69, 9.17) is 9.47 Å². The second-order valence-electron chi connectivity index (χ2n) is 7.15. The van der Waals surface area contributed by atoms with Gasteiger partial charge >= 0.3 is 0 Å². The van der Waals surface area contributed by atoms with E-state index in [2.05, 4.69) is 17.4 Å². The molecule has 31 heavy (non-hydrogen) atoms. The van der Waals surface area contributed by atoms with Crippen LogP contribution < -0.4 is 19.1 Å². The lowest BCUT2D eigenvalue weighted by atomic mass is 10.2. The summed E-state index contributed by atoms with van der Waals surface area (Å²) in [5, 5.41) is 2.90. The molecule has 0 radical (unpaired) electrons. The van der Waals surface area contributed by atoms with Crippen LogP contribution in [0.3, 0.4) is 0 Å². The number of fused-ring (bicyclic) bond motifs is 1. The number of anilines is 1. The highest BCUT2D eigenvalue weighted by atomic mass is 32.2. The van der Waals surface area contributed by atoms with Crippen molar-refractivity contribution in [2.24, 2.45) is 0 Å². The molecule has 168 valence electrons. The summed E-state index contributed by atoms with van der Waals surface area (Å²) in [6, 6.07) is 15.3. The first-order chi connectivity index (χ1) is 14.9. The number of amides is 1. The molecular formula is C22H28N2O5S2. The molecule has 2 aromatic carbocycles. The minimum atomic E-state index is -3.49. The Morgan fingerprint density at radius 1 is 1.10 bits per heavy atom. The van der Waals surface area contributed by atoms with Crippen molar-refractivity contribution in [1.29, 1.82) is 0 Å². The number of carbonyl (C=O) groups excluding carboxylic acids is 1. The number of hydrogen-bond donors (Lipinski definition) is 1. The minimum absolute atomic E-state index is 0.0732. The number of nitrogens with zero attached hydrogens (tertiary/aromatic N) is 1. The third-order valence-corrected chi connectivity index (χ3v) is 6.88. The maximum absolute atomic E-state index is 12.3. The lowest BCUT2D eigenvalue weighted by Crippen LogP contribution is -2.32. The van der Waals surface area contributed by atoms with Gasteiger partial charge in [0.05, 0.1) is 11.9 Å². The van der Waals surface area contributed by atoms with Gasteiger partial charge < -0.3 is 14.8 Å². The van der Waals surface area contributed by atoms with Gasteiger partial charge in [-0.2, -0.15) is 11.8 Å². The van der Waals surface area contributed by atoms with Crippen molar-refractivity contribution >= 4 is 33.4 Å². The molecule has 0 saturated heterocycles. The fourth-order valence-electron chi connectivity index (χ4n) is 3.17. The number of ether oxygens (including phenoxy) is 2. The van der Waals surface area contributed by atoms with Crippen molar-refractivity contribution in [1.82, 2.24) is 5.32 Å². The zero-order valence-electron chi connectivity index (χ0n) is 17.6. The van der Waals surface area contributed by atoms with Gasteiger partial charge in [-0.3, -0.25) is 9.10 Å². The molecule has 0 aliphatic carbocycles. The van der Waals surface area contributed by atoms with Crippen LogP contribution >= 0.6 is 11.8 Å². The fraction of sp³-hybridized carbons (Fsp3) is 0.409. The Morgan fingerprint density at radius 2 is 1.84 bits per heavy atom. The molecule has 0 unspecified atom stereocenters. The Balaban J connectivity index is 1.42. The Hall–Kier alpha value is -2.39. The van der Waals surface area contributed by atoms with Gasteiger partial charge in [0.15, 0.2) is 11.5 Å². The van der Waals surface area contributed by atoms with Crippen LogP contribution in [-0.2, 0) is 20.6 Å². The van der Waals surface area contributed by atoms with E-state index in [1.54, 1.807) is 30.0 Å². The molecule has 0 fully saturated rings. The summed E-state index contributed by atoms with van der Waals surface area (Å²) in [5.41, 5.74) is 1.77. The normalized spacial score (nSPS) is 12.9. The summed E-state index contributed by atoms with van der Waals surface area (Å²) in [6.07, 6.45) is 1.85. The van der Waals surface area contributed by atoms with Gasteiger partial charge in [-0.25, -0.2) is 8.42 Å². The first-order valence-corrected chi connectivity index (χ1v) is 13.2. The zero-order chi connectivity index (χ0) is 22.1. The van der Waals surface area contributed by atoms with E-state index in [9.17, 15) is 13.2 Å². The van der Waals surface area contributed by atoms with E-state index in [0.717, 1.165) is 17.8 Å². The molecule has 3 rings (SSSR count). The summed E-state index contributed by atoms with van der Waals surface area (Å²) in [7, 11) is -3.49. The Labute approximate surface area is 188 Å². The number of hydrogen-bond acceptors (Lipinski definition) is 6. The molecule has 1 amide bonds. The van der Waals surface area contributed by atoms with Crippen molar-refractivity contribution in [3.63, 3.8) is 0 Å². The van der Waals surface area contributed by atoms with Gasteiger partial charge in [0.1, 0.15) is 13.2 Å². The molecule has 1 aliphatic rings. The predicted octanol–water partition coefficient (Wildman–Crippen LogP) is 3.05. The molecule has 0 bridgehead atoms. The molecule has 9 heteroatoms. The molecule has 0 spiro atoms. The van der Waals surface area contributed by atoms with Crippen LogP contribution in [0.15, 0.2) is 48.5 Å². The number of nitrogens with one attached hydrogen (secondary N) is 1. The number of thioether (sulfide) groups is 1. The van der Waals surface area contributed by atoms with E-state index >= 15 is 0 Å². The number of benzene rings is 2. The maximum Gasteiger partial charge on any atom is 0.232 e. The Kier molecular flexibility index (Phi) is 8.48. The summed E-state index contributed by atoms with van der Waals surface area (Å²) >= 11 is 1.76. The molecule has 1 N–H and O–H groups in total. The SMILES string of the molecule is CS(=O)(=O)N(CCCC(=O)NCCSCc1ccccc1)c1ccc2c(c1)OCCO2. The van der Waals surface area contributed by atoms with E-state index in [1.807, 2.05) is 18.2 Å². The summed E-state index contributed by atoms with van der Waals surface area (Å²) in [4.78, 5) is 12.1. The second kappa shape index (κ2) is 11.3. The molecule has 2 aromatic rings. The van der Waals surface area contributed by atoms with Gasteiger partial charge in [-0.1, -0.05) is 30.3 Å². The molecule has 1 heterocycles. The fourth-order valence-corrected chi connectivity index (χ4v) is 4.95. The number of sulfonamides is 1. The number of rotatable bonds is 11. The topological polar surface area (TPSA) is 84.9 Å². The lowest BCUT2D eigenvalue weighted by molar-refractivity contribution is -0.121. The average Bonchev–Trinajstić information content (AvgIpc) is 2.76. The van der Waals surface area contributed by atoms with Crippen LogP contribution in [-0.4, -0.2) is 52.6 Å². The Bertz CT molecular complexity index is 967. The molecule has 0 atom stereocenters. The first-order valence-electron chi connectivity index (χ1n) is 10.2. The van der Waals surface area contributed by atoms with Crippen molar-refractivity contribution in [3.8, 4) is 11.5 Å². The average molecular weight is 465 g/mol. The van der Waals surface area contributed by atoms with Gasteiger partial charge in [0.25, 0.3) is 0 Å². The van der Waals surface area contributed by atoms with Gasteiger partial charge in [0, 0.05) is 37.1 Å². The highest BCUT2D eigenvalue weighted by Gasteiger charge is 2.21. The summed E-state index contributed by atoms with van der Waals surface area (Å²) in [6.45, 7) is 1.71. The maximum atomic E-state index is 12.3. The third-order valence-electron chi connectivity index (χ3n) is 4.66. The largest absolute Gasteiger partial charge is 0.486 e. The van der Waals surface area contributed by atoms with Crippen LogP contribution in [0, 0.1) is 0 Å². The van der Waals surface area contributed by atoms with Crippen LogP contribution in [0.2, 0.25) is 0 Å². The minimum Gasteiger partial charge on any atom is -0.486 e. The van der Waals surface area contributed by atoms with Crippen molar-refractivity contribution < 1.29 is 22.7 Å². The summed E-state index contributed by atoms with van der Waals surface area (Å²) in [5.74, 6) is 2.80. The van der Waals surface area contributed by atoms with E-state index in [-0.39, 0.29) is 18.9 Å². The monoisotopic (exact) mass is 464 g/mol. The molecule has 1 aliphatic heterocycles. The van der Waals surface area contributed by atoms with Crippen molar-refractivity contribution in [2.45, 2.75) is 18.6 Å². The van der Waals surface area contributed by atoms with Crippen molar-refractivity contribution in [3.05, 3.63) is 54.1 Å². The quantitative estimate of drug-likeness (QED) is 0.515. The molecular weight excluding hydrogens is 436 g/mol. The van der Waals surface area contributed by atoms with E-state index < -0.39 is 10.0 Å². The van der Waals surface area contributed by atoms with E-state index in [0.29, 0.717) is 43.4 Å². The number of carbonyl (C=O) groups is 1. The van der Waals surface area contributed by atoms with Gasteiger partial charge in [-0.05, 0) is 24.1 Å². The Morgan fingerprint density at radius 3 is 2.58 bits per heavy atom. The van der Waals surface area contributed by atoms with Crippen molar-refractivity contribution in [2.75, 3.05) is 42.6 Å². The second-order valence-corrected chi connectivity index (χ2v) is 10.2. The van der Waals surface area contributed by atoms with Crippen LogP contribution in [0.4, 0.5) is 5.69 Å². The highest BCUT2D eigenvalue weighted by molar-refractivity contribution is 7.98. The predicted molar refractivity (Wildman–Crippen MR) is 124 cm³/mol. The third kappa shape index (κ3) is 7.36. The van der Waals surface area contributed by atoms with Crippen LogP contribution in [0.25, 0.3) is 0 Å². The summed E-state index contributed by atoms with van der Waals surface area (Å²) < 4.78 is 36.9. The highest BCUT2D eigenvalue weighted by Crippen LogP contribution is 2.34. The van der Waals surface area contributed by atoms with Crippen LogP contribution in [0.1, 0.15) is 18.4 Å². The van der Waals surface area contributed by atoms with Gasteiger partial charge in [-0.15, -0.1) is 0 Å². The zero-order valence-corrected chi connectivity index (χ0v) is 19.2. The standard InChI is InChI=1S/C22H28N2O5S2/c1-31(26,27)24(19-9-10-20-21(16-19)29-14-13-28-20)12-5-8-22(25)23-11-15-30-17-18-6-3-2-4-7-18/h2-4,6-7,9-10,16H,5,8,11-15,17H2,1H3,(H,23,25). The molecule has 0 saturated carbocycles. The van der Waals surface area contributed by atoms with Crippen LogP contribution in [0.5, 0.6) is 11.5 Å². The molecule has 0 aromatic heterocycles. The smallest absolute Gasteiger partial charge is 0.232 e. The lowest BCUT2D eigenvalue weighted by Gasteiger charge is -2.25.